The molecule has 6 heteroatoms. The Bertz CT molecular complexity index is 663. The third-order valence-electron chi connectivity index (χ3n) is 2.89. The topological polar surface area (TPSA) is 66.8 Å². The van der Waals surface area contributed by atoms with Gasteiger partial charge in [-0.25, -0.2) is 0 Å². The van der Waals surface area contributed by atoms with Crippen LogP contribution in [0.15, 0.2) is 29.6 Å². The van der Waals surface area contributed by atoms with Crippen molar-refractivity contribution in [3.63, 3.8) is 0 Å². The number of aldehydes is 1. The second kappa shape index (κ2) is 6.41. The fraction of sp³-hybridized carbons (Fsp3) is 0.200. The van der Waals surface area contributed by atoms with Gasteiger partial charge in [-0.3, -0.25) is 9.59 Å². The van der Waals surface area contributed by atoms with E-state index in [1.165, 1.54) is 22.3 Å². The molecule has 21 heavy (non-hydrogen) atoms. The first-order valence-corrected chi connectivity index (χ1v) is 7.10. The quantitative estimate of drug-likeness (QED) is 0.862. The number of thiophene rings is 1. The van der Waals surface area contributed by atoms with Gasteiger partial charge < -0.3 is 14.7 Å². The van der Waals surface area contributed by atoms with Crippen LogP contribution in [-0.2, 0) is 6.61 Å². The fourth-order valence-electron chi connectivity index (χ4n) is 1.77. The van der Waals surface area contributed by atoms with Crippen molar-refractivity contribution in [2.75, 3.05) is 14.1 Å². The van der Waals surface area contributed by atoms with Crippen LogP contribution in [0.5, 0.6) is 11.5 Å². The molecule has 0 radical (unpaired) electrons. The van der Waals surface area contributed by atoms with E-state index in [1.54, 1.807) is 26.2 Å². The number of phenols is 1. The van der Waals surface area contributed by atoms with Gasteiger partial charge in [0.15, 0.2) is 6.29 Å². The van der Waals surface area contributed by atoms with Crippen LogP contribution in [-0.4, -0.2) is 36.3 Å². The van der Waals surface area contributed by atoms with E-state index in [4.69, 9.17) is 4.74 Å². The molecule has 1 amide bonds. The molecule has 0 fully saturated rings. The highest BCUT2D eigenvalue weighted by atomic mass is 32.1. The Morgan fingerprint density at radius 3 is 2.81 bits per heavy atom. The number of carbonyl (C=O) groups is 2. The zero-order chi connectivity index (χ0) is 15.4. The number of amides is 1. The lowest BCUT2D eigenvalue weighted by Crippen LogP contribution is -2.22. The molecule has 1 N–H and O–H groups in total. The molecule has 0 aliphatic carbocycles. The van der Waals surface area contributed by atoms with Gasteiger partial charge in [-0.15, -0.1) is 11.3 Å². The van der Waals surface area contributed by atoms with Crippen LogP contribution in [0.1, 0.15) is 25.6 Å². The van der Waals surface area contributed by atoms with Crippen LogP contribution in [0.2, 0.25) is 0 Å². The molecule has 0 saturated carbocycles. The van der Waals surface area contributed by atoms with Crippen LogP contribution in [0.3, 0.4) is 0 Å². The summed E-state index contributed by atoms with van der Waals surface area (Å²) in [7, 11) is 3.37. The van der Waals surface area contributed by atoms with Crippen LogP contribution in [0.4, 0.5) is 0 Å². The monoisotopic (exact) mass is 305 g/mol. The smallest absolute Gasteiger partial charge is 0.263 e. The molecule has 2 aromatic rings. The van der Waals surface area contributed by atoms with E-state index < -0.39 is 0 Å². The van der Waals surface area contributed by atoms with Gasteiger partial charge in [-0.05, 0) is 23.6 Å². The van der Waals surface area contributed by atoms with Gasteiger partial charge in [0.2, 0.25) is 0 Å². The largest absolute Gasteiger partial charge is 0.507 e. The molecule has 1 heterocycles. The summed E-state index contributed by atoms with van der Waals surface area (Å²) >= 11 is 1.34. The number of nitrogens with zero attached hydrogens (tertiary/aromatic N) is 1. The summed E-state index contributed by atoms with van der Waals surface area (Å²) in [5, 5.41) is 11.4. The fourth-order valence-corrected chi connectivity index (χ4v) is 2.70. The van der Waals surface area contributed by atoms with Gasteiger partial charge >= 0.3 is 0 Å². The number of hydrogen-bond donors (Lipinski definition) is 1. The third-order valence-corrected chi connectivity index (χ3v) is 3.84. The summed E-state index contributed by atoms with van der Waals surface area (Å²) in [6.45, 7) is 0.155. The van der Waals surface area contributed by atoms with Crippen molar-refractivity contribution in [2.24, 2.45) is 0 Å². The first-order valence-electron chi connectivity index (χ1n) is 6.22. The van der Waals surface area contributed by atoms with Crippen LogP contribution < -0.4 is 4.74 Å². The highest BCUT2D eigenvalue weighted by Gasteiger charge is 2.16. The minimum atomic E-state index is -0.127. The first-order chi connectivity index (χ1) is 10.0. The Labute approximate surface area is 126 Å². The Balaban J connectivity index is 2.18. The lowest BCUT2D eigenvalue weighted by atomic mass is 10.2. The van der Waals surface area contributed by atoms with Crippen molar-refractivity contribution in [1.29, 1.82) is 0 Å². The number of hydrogen-bond acceptors (Lipinski definition) is 5. The maximum Gasteiger partial charge on any atom is 0.263 e. The van der Waals surface area contributed by atoms with E-state index in [2.05, 4.69) is 0 Å². The van der Waals surface area contributed by atoms with Gasteiger partial charge in [0.1, 0.15) is 18.1 Å². The summed E-state index contributed by atoms with van der Waals surface area (Å²) in [6.07, 6.45) is 0.546. The summed E-state index contributed by atoms with van der Waals surface area (Å²) in [6, 6.07) is 6.42. The Kier molecular flexibility index (Phi) is 4.59. The van der Waals surface area contributed by atoms with Crippen molar-refractivity contribution in [3.05, 3.63) is 45.6 Å². The molecule has 0 saturated heterocycles. The number of carbonyl (C=O) groups excluding carboxylic acids is 2. The number of rotatable bonds is 5. The zero-order valence-corrected chi connectivity index (χ0v) is 12.5. The minimum absolute atomic E-state index is 0.0879. The third kappa shape index (κ3) is 3.22. The highest BCUT2D eigenvalue weighted by Crippen LogP contribution is 2.27. The average Bonchev–Trinajstić information content (AvgIpc) is 2.92. The van der Waals surface area contributed by atoms with Gasteiger partial charge in [-0.1, -0.05) is 6.07 Å². The molecule has 0 aliphatic heterocycles. The molecular formula is C15H15NO4S. The maximum atomic E-state index is 12.0. The van der Waals surface area contributed by atoms with E-state index in [1.807, 2.05) is 11.4 Å². The normalized spacial score (nSPS) is 10.2. The number of benzene rings is 1. The van der Waals surface area contributed by atoms with Crippen molar-refractivity contribution < 1.29 is 19.4 Å². The molecule has 0 unspecified atom stereocenters. The molecule has 2 rings (SSSR count). The van der Waals surface area contributed by atoms with E-state index in [0.29, 0.717) is 16.9 Å². The lowest BCUT2D eigenvalue weighted by molar-refractivity contribution is 0.0829. The zero-order valence-electron chi connectivity index (χ0n) is 11.7. The molecule has 1 aromatic heterocycles. The predicted octanol–water partition coefficient (Wildman–Crippen LogP) is 2.55. The Hall–Kier alpha value is -2.34. The van der Waals surface area contributed by atoms with Crippen LogP contribution in [0.25, 0.3) is 0 Å². The van der Waals surface area contributed by atoms with Gasteiger partial charge in [0.25, 0.3) is 5.91 Å². The van der Waals surface area contributed by atoms with E-state index in [-0.39, 0.29) is 23.8 Å². The molecular weight excluding hydrogens is 290 g/mol. The molecule has 0 atom stereocenters. The standard InChI is InChI=1S/C15H15NO4S/c1-16(2)15(19)14-10(6-7-21-14)9-20-13-5-3-4-12(18)11(13)8-17/h3-8,18H,9H2,1-2H3. The Morgan fingerprint density at radius 2 is 2.14 bits per heavy atom. The second-order valence-corrected chi connectivity index (χ2v) is 5.49. The van der Waals surface area contributed by atoms with Crippen molar-refractivity contribution in [3.8, 4) is 11.5 Å². The molecule has 0 aliphatic rings. The second-order valence-electron chi connectivity index (χ2n) is 4.57. The van der Waals surface area contributed by atoms with Gasteiger partial charge in [-0.2, -0.15) is 0 Å². The number of aromatic hydroxyl groups is 1. The predicted molar refractivity (Wildman–Crippen MR) is 80.2 cm³/mol. The summed E-state index contributed by atoms with van der Waals surface area (Å²) < 4.78 is 5.57. The van der Waals surface area contributed by atoms with E-state index in [0.717, 1.165) is 5.56 Å². The molecule has 0 spiro atoms. The minimum Gasteiger partial charge on any atom is -0.507 e. The Morgan fingerprint density at radius 1 is 1.38 bits per heavy atom. The van der Waals surface area contributed by atoms with Crippen LogP contribution in [0, 0.1) is 0 Å². The van der Waals surface area contributed by atoms with Crippen LogP contribution >= 0.6 is 11.3 Å². The van der Waals surface area contributed by atoms with Crippen molar-refractivity contribution in [1.82, 2.24) is 4.90 Å². The lowest BCUT2D eigenvalue weighted by Gasteiger charge is -2.12. The van der Waals surface area contributed by atoms with Gasteiger partial charge in [0.05, 0.1) is 10.4 Å². The number of ether oxygens (including phenoxy) is 1. The van der Waals surface area contributed by atoms with E-state index in [9.17, 15) is 14.7 Å². The summed E-state index contributed by atoms with van der Waals surface area (Å²) in [4.78, 5) is 25.1. The maximum absolute atomic E-state index is 12.0. The van der Waals surface area contributed by atoms with Crippen molar-refractivity contribution >= 4 is 23.5 Å². The molecule has 110 valence electrons. The number of phenolic OH excluding ortho intramolecular Hbond substituents is 1. The highest BCUT2D eigenvalue weighted by molar-refractivity contribution is 7.12. The van der Waals surface area contributed by atoms with E-state index >= 15 is 0 Å². The summed E-state index contributed by atoms with van der Waals surface area (Å²) in [5.74, 6) is 0.0759. The SMILES string of the molecule is CN(C)C(=O)c1sccc1COc1cccc(O)c1C=O. The average molecular weight is 305 g/mol. The molecule has 5 nitrogen and oxygen atoms in total. The first kappa shape index (κ1) is 15.1. The van der Waals surface area contributed by atoms with Gasteiger partial charge in [0, 0.05) is 19.7 Å². The summed E-state index contributed by atoms with van der Waals surface area (Å²) in [5.41, 5.74) is 0.854. The molecule has 0 bridgehead atoms. The van der Waals surface area contributed by atoms with Crippen molar-refractivity contribution in [2.45, 2.75) is 6.61 Å². The molecule has 1 aromatic carbocycles.